The normalized spacial score (nSPS) is 15.6. The molecular weight excluding hydrogens is 422 g/mol. The molecule has 0 unspecified atom stereocenters. The van der Waals surface area contributed by atoms with E-state index in [0.717, 1.165) is 11.2 Å². The van der Waals surface area contributed by atoms with E-state index >= 15 is 0 Å². The summed E-state index contributed by atoms with van der Waals surface area (Å²) in [4.78, 5) is 27.5. The van der Waals surface area contributed by atoms with Crippen LogP contribution in [0.1, 0.15) is 17.5 Å². The van der Waals surface area contributed by atoms with E-state index in [2.05, 4.69) is 10.0 Å². The largest absolute Gasteiger partial charge is 0.497 e. The molecule has 2 N–H and O–H groups in total. The molecule has 1 heterocycles. The average Bonchev–Trinajstić information content (AvgIpc) is 3.01. The number of ether oxygens (including phenoxy) is 2. The van der Waals surface area contributed by atoms with Gasteiger partial charge in [-0.15, -0.1) is 0 Å². The molecule has 1 aliphatic heterocycles. The van der Waals surface area contributed by atoms with Gasteiger partial charge in [0.25, 0.3) is 5.91 Å². The summed E-state index contributed by atoms with van der Waals surface area (Å²) >= 11 is 0. The number of sulfonamides is 1. The maximum absolute atomic E-state index is 13.6. The Kier molecular flexibility index (Phi) is 6.51. The van der Waals surface area contributed by atoms with Crippen LogP contribution in [0.2, 0.25) is 0 Å². The molecule has 2 aromatic carbocycles. The Morgan fingerprint density at radius 1 is 0.935 bits per heavy atom. The Hall–Kier alpha value is -3.11. The Labute approximate surface area is 181 Å². The summed E-state index contributed by atoms with van der Waals surface area (Å²) in [6.45, 7) is 0.190. The number of rotatable bonds is 9. The first-order valence-electron chi connectivity index (χ1n) is 9.59. The highest BCUT2D eigenvalue weighted by Crippen LogP contribution is 2.37. The predicted octanol–water partition coefficient (Wildman–Crippen LogP) is 1.44. The Bertz CT molecular complexity index is 1000. The molecule has 0 aromatic heterocycles. The summed E-state index contributed by atoms with van der Waals surface area (Å²) in [5, 5.41) is 2.85. The van der Waals surface area contributed by atoms with Crippen LogP contribution in [0.25, 0.3) is 0 Å². The lowest BCUT2D eigenvalue weighted by Gasteiger charge is -2.28. The maximum atomic E-state index is 13.6. The topological polar surface area (TPSA) is 114 Å². The number of hydrogen-bond donors (Lipinski definition) is 2. The summed E-state index contributed by atoms with van der Waals surface area (Å²) in [5.41, 5.74) is -0.262. The van der Waals surface area contributed by atoms with Gasteiger partial charge in [-0.3, -0.25) is 9.69 Å². The molecule has 10 heteroatoms. The maximum Gasteiger partial charge on any atom is 0.325 e. The lowest BCUT2D eigenvalue weighted by Crippen LogP contribution is -2.45. The number of nitrogens with one attached hydrogen (secondary N) is 2. The van der Waals surface area contributed by atoms with Crippen LogP contribution in [0, 0.1) is 0 Å². The third-order valence-electron chi connectivity index (χ3n) is 5.07. The number of imide groups is 1. The summed E-state index contributed by atoms with van der Waals surface area (Å²) in [5.74, 6) is 0.801. The third-order valence-corrected chi connectivity index (χ3v) is 5.80. The van der Waals surface area contributed by atoms with Crippen molar-refractivity contribution in [3.63, 3.8) is 0 Å². The van der Waals surface area contributed by atoms with Gasteiger partial charge in [-0.2, -0.15) is 0 Å². The van der Waals surface area contributed by atoms with Gasteiger partial charge in [0, 0.05) is 13.1 Å². The second-order valence-corrected chi connectivity index (χ2v) is 8.95. The van der Waals surface area contributed by atoms with Gasteiger partial charge in [-0.05, 0) is 41.8 Å². The lowest BCUT2D eigenvalue weighted by atomic mass is 9.82. The van der Waals surface area contributed by atoms with Crippen molar-refractivity contribution < 1.29 is 27.5 Å². The minimum absolute atomic E-state index is 0.0707. The van der Waals surface area contributed by atoms with Gasteiger partial charge in [0.05, 0.1) is 20.5 Å². The minimum Gasteiger partial charge on any atom is -0.497 e. The lowest BCUT2D eigenvalue weighted by molar-refractivity contribution is -0.130. The first-order valence-corrected chi connectivity index (χ1v) is 11.5. The Balaban J connectivity index is 1.95. The molecule has 1 aliphatic rings. The van der Waals surface area contributed by atoms with Gasteiger partial charge in [-0.1, -0.05) is 24.3 Å². The predicted molar refractivity (Wildman–Crippen MR) is 114 cm³/mol. The van der Waals surface area contributed by atoms with E-state index in [1.165, 1.54) is 0 Å². The number of carbonyl (C=O) groups is 2. The molecule has 166 valence electrons. The van der Waals surface area contributed by atoms with Crippen molar-refractivity contribution in [3.8, 4) is 11.5 Å². The molecule has 1 fully saturated rings. The molecule has 3 amide bonds. The zero-order valence-corrected chi connectivity index (χ0v) is 18.4. The van der Waals surface area contributed by atoms with Gasteiger partial charge in [0.15, 0.2) is 5.54 Å². The van der Waals surface area contributed by atoms with Crippen LogP contribution in [0.3, 0.4) is 0 Å². The number of urea groups is 1. The van der Waals surface area contributed by atoms with Crippen LogP contribution in [0.4, 0.5) is 4.79 Å². The number of amides is 3. The Morgan fingerprint density at radius 2 is 1.42 bits per heavy atom. The second-order valence-electron chi connectivity index (χ2n) is 7.11. The smallest absolute Gasteiger partial charge is 0.325 e. The molecule has 0 atom stereocenters. The summed E-state index contributed by atoms with van der Waals surface area (Å²) in [6.07, 6.45) is 1.34. The number of hydrogen-bond acceptors (Lipinski definition) is 6. The van der Waals surface area contributed by atoms with Crippen molar-refractivity contribution in [3.05, 3.63) is 59.7 Å². The van der Waals surface area contributed by atoms with Crippen molar-refractivity contribution in [1.82, 2.24) is 14.9 Å². The Morgan fingerprint density at radius 3 is 1.84 bits per heavy atom. The van der Waals surface area contributed by atoms with Crippen molar-refractivity contribution in [2.75, 3.05) is 33.6 Å². The molecule has 0 bridgehead atoms. The zero-order valence-electron chi connectivity index (χ0n) is 17.5. The fourth-order valence-corrected chi connectivity index (χ4v) is 4.03. The molecule has 0 radical (unpaired) electrons. The third kappa shape index (κ3) is 4.64. The first-order chi connectivity index (χ1) is 14.7. The van der Waals surface area contributed by atoms with E-state index in [4.69, 9.17) is 9.47 Å². The standard InChI is InChI=1S/C21H25N3O6S/c1-29-17-9-5-15(6-10-17)21(16-7-11-18(30-2)12-8-16)19(25)24(20(26)23-21)14-4-13-22-31(3,27)28/h5-12,22H,4,13-14H2,1-3H3,(H,23,26). The van der Waals surface area contributed by atoms with Gasteiger partial charge in [0.1, 0.15) is 11.5 Å². The van der Waals surface area contributed by atoms with E-state index in [0.29, 0.717) is 22.6 Å². The van der Waals surface area contributed by atoms with E-state index < -0.39 is 27.5 Å². The van der Waals surface area contributed by atoms with E-state index in [-0.39, 0.29) is 19.5 Å². The summed E-state index contributed by atoms with van der Waals surface area (Å²) in [6, 6.07) is 13.3. The number of carbonyl (C=O) groups excluding carboxylic acids is 2. The quantitative estimate of drug-likeness (QED) is 0.444. The summed E-state index contributed by atoms with van der Waals surface area (Å²) in [7, 11) is -0.257. The fraction of sp³-hybridized carbons (Fsp3) is 0.333. The molecule has 0 spiro atoms. The summed E-state index contributed by atoms with van der Waals surface area (Å²) < 4.78 is 35.3. The van der Waals surface area contributed by atoms with E-state index in [1.807, 2.05) is 0 Å². The molecule has 9 nitrogen and oxygen atoms in total. The highest BCUT2D eigenvalue weighted by molar-refractivity contribution is 7.88. The van der Waals surface area contributed by atoms with Crippen molar-refractivity contribution in [2.24, 2.45) is 0 Å². The molecular formula is C21H25N3O6S. The highest BCUT2D eigenvalue weighted by atomic mass is 32.2. The van der Waals surface area contributed by atoms with Crippen LogP contribution in [-0.4, -0.2) is 58.8 Å². The van der Waals surface area contributed by atoms with Crippen LogP contribution in [0.15, 0.2) is 48.5 Å². The van der Waals surface area contributed by atoms with Gasteiger partial charge in [0.2, 0.25) is 10.0 Å². The van der Waals surface area contributed by atoms with E-state index in [1.54, 1.807) is 62.8 Å². The minimum atomic E-state index is -3.35. The van der Waals surface area contributed by atoms with Crippen LogP contribution in [-0.2, 0) is 20.4 Å². The van der Waals surface area contributed by atoms with Crippen molar-refractivity contribution in [2.45, 2.75) is 12.0 Å². The van der Waals surface area contributed by atoms with Gasteiger partial charge < -0.3 is 14.8 Å². The fourth-order valence-electron chi connectivity index (χ4n) is 3.51. The van der Waals surface area contributed by atoms with Crippen molar-refractivity contribution >= 4 is 22.0 Å². The zero-order chi connectivity index (χ0) is 22.6. The number of nitrogens with zero attached hydrogens (tertiary/aromatic N) is 1. The van der Waals surface area contributed by atoms with Gasteiger partial charge in [-0.25, -0.2) is 17.9 Å². The highest BCUT2D eigenvalue weighted by Gasteiger charge is 2.53. The molecule has 2 aromatic rings. The number of benzene rings is 2. The van der Waals surface area contributed by atoms with Crippen LogP contribution < -0.4 is 19.5 Å². The first kappa shape index (κ1) is 22.6. The molecule has 0 saturated carbocycles. The monoisotopic (exact) mass is 447 g/mol. The second kappa shape index (κ2) is 8.94. The average molecular weight is 448 g/mol. The van der Waals surface area contributed by atoms with Crippen LogP contribution in [0.5, 0.6) is 11.5 Å². The van der Waals surface area contributed by atoms with Crippen molar-refractivity contribution in [1.29, 1.82) is 0 Å². The van der Waals surface area contributed by atoms with Gasteiger partial charge >= 0.3 is 6.03 Å². The van der Waals surface area contributed by atoms with Crippen LogP contribution >= 0.6 is 0 Å². The molecule has 31 heavy (non-hydrogen) atoms. The SMILES string of the molecule is COc1ccc(C2(c3ccc(OC)cc3)NC(=O)N(CCCNS(C)(=O)=O)C2=O)cc1. The van der Waals surface area contributed by atoms with E-state index in [9.17, 15) is 18.0 Å². The molecule has 3 rings (SSSR count). The molecule has 1 saturated heterocycles. The number of methoxy groups -OCH3 is 2. The molecule has 0 aliphatic carbocycles.